The highest BCUT2D eigenvalue weighted by Crippen LogP contribution is 2.66. The molecule has 2 unspecified atom stereocenters. The van der Waals surface area contributed by atoms with Crippen LogP contribution in [0.25, 0.3) is 11.2 Å². The largest absolute Gasteiger partial charge is 0.488 e. The second kappa shape index (κ2) is 12.1. The van der Waals surface area contributed by atoms with Gasteiger partial charge in [0.25, 0.3) is 5.56 Å². The van der Waals surface area contributed by atoms with Gasteiger partial charge in [-0.05, 0) is 23.9 Å². The number of benzene rings is 1. The van der Waals surface area contributed by atoms with E-state index in [0.29, 0.717) is 5.69 Å². The summed E-state index contributed by atoms with van der Waals surface area (Å²) in [7, 11) is -9.51. The van der Waals surface area contributed by atoms with Gasteiger partial charge < -0.3 is 44.5 Å². The molecule has 1 fully saturated rings. The molecule has 0 amide bonds. The molecule has 4 rings (SSSR count). The van der Waals surface area contributed by atoms with Crippen LogP contribution in [0.1, 0.15) is 16.6 Å². The number of fused-ring (bicyclic) bond motifs is 1. The standard InChI is InChI=1S/C18H22N5O14P3S/c1-19-10-5-3-2-4-9(10)18(26)35-14-13(24)11(6-33-38(27,28)36-39(29,30)37-40(31,32)41)34-17(14)23-8-22-12-15(23)20-7-21-16(12)25/h2-5,7-8,11,13-14,17,19,24H,6H2,1H3,(H,27,28)(H,29,30)(H,20,21,25)(H2,31,32,41)/t11-,13-,14-,17-/m1/s1. The van der Waals surface area contributed by atoms with Crippen molar-refractivity contribution >= 4 is 57.0 Å². The number of ether oxygens (including phenoxy) is 2. The molecule has 0 aliphatic carbocycles. The molecule has 0 bridgehead atoms. The molecule has 23 heteroatoms. The summed E-state index contributed by atoms with van der Waals surface area (Å²) >= 11 is 4.02. The number of aliphatic hydroxyl groups is 1. The van der Waals surface area contributed by atoms with E-state index in [4.69, 9.17) is 19.3 Å². The van der Waals surface area contributed by atoms with Crippen LogP contribution in [-0.4, -0.2) is 82.1 Å². The summed E-state index contributed by atoms with van der Waals surface area (Å²) < 4.78 is 48.9. The molecule has 1 aromatic carbocycles. The number of esters is 1. The number of anilines is 1. The molecular formula is C18H22N5O14P3S. The van der Waals surface area contributed by atoms with E-state index in [0.717, 1.165) is 12.7 Å². The monoisotopic (exact) mass is 657 g/mol. The first-order chi connectivity index (χ1) is 19.1. The summed E-state index contributed by atoms with van der Waals surface area (Å²) in [5.74, 6) is -0.900. The van der Waals surface area contributed by atoms with Gasteiger partial charge >= 0.3 is 28.3 Å². The van der Waals surface area contributed by atoms with Gasteiger partial charge in [0.15, 0.2) is 23.5 Å². The lowest BCUT2D eigenvalue weighted by Crippen LogP contribution is -2.37. The normalized spacial score (nSPS) is 24.0. The molecule has 1 aliphatic rings. The minimum atomic E-state index is -5.59. The molecule has 0 spiro atoms. The molecular weight excluding hydrogens is 635 g/mol. The van der Waals surface area contributed by atoms with E-state index in [1.165, 1.54) is 10.6 Å². The Morgan fingerprint density at radius 3 is 2.56 bits per heavy atom. The maximum absolute atomic E-state index is 13.1. The summed E-state index contributed by atoms with van der Waals surface area (Å²) in [4.78, 5) is 72.9. The van der Waals surface area contributed by atoms with Gasteiger partial charge in [0.2, 0.25) is 0 Å². The smallest absolute Gasteiger partial charge is 0.451 e. The zero-order valence-electron chi connectivity index (χ0n) is 20.5. The van der Waals surface area contributed by atoms with E-state index in [9.17, 15) is 33.6 Å². The Bertz CT molecular complexity index is 1640. The first-order valence-corrected chi connectivity index (χ1v) is 16.7. The van der Waals surface area contributed by atoms with Gasteiger partial charge in [-0.1, -0.05) is 12.1 Å². The van der Waals surface area contributed by atoms with E-state index in [1.807, 2.05) is 0 Å². The summed E-state index contributed by atoms with van der Waals surface area (Å²) in [6.07, 6.45) is -4.07. The fraction of sp³-hybridized carbons (Fsp3) is 0.333. The number of hydrogen-bond acceptors (Lipinski definition) is 14. The molecule has 0 radical (unpaired) electrons. The van der Waals surface area contributed by atoms with E-state index < -0.39 is 65.0 Å². The lowest BCUT2D eigenvalue weighted by atomic mass is 10.1. The van der Waals surface area contributed by atoms with Crippen molar-refractivity contribution < 1.29 is 61.2 Å². The number of nitrogens with zero attached hydrogens (tertiary/aromatic N) is 3. The molecule has 224 valence electrons. The number of carbonyl (C=O) groups is 1. The quantitative estimate of drug-likeness (QED) is 0.106. The summed E-state index contributed by atoms with van der Waals surface area (Å²) in [6, 6.07) is 6.28. The second-order valence-electron chi connectivity index (χ2n) is 8.16. The Labute approximate surface area is 234 Å². The highest BCUT2D eigenvalue weighted by atomic mass is 32.5. The third-order valence-corrected chi connectivity index (χ3v) is 9.83. The Morgan fingerprint density at radius 2 is 1.88 bits per heavy atom. The van der Waals surface area contributed by atoms with Crippen LogP contribution in [0.3, 0.4) is 0 Å². The fourth-order valence-corrected chi connectivity index (χ4v) is 7.58. The Hall–Kier alpha value is -2.41. The van der Waals surface area contributed by atoms with Crippen molar-refractivity contribution in [2.75, 3.05) is 19.0 Å². The second-order valence-corrected chi connectivity index (χ2v) is 14.0. The number of aromatic nitrogens is 4. The van der Waals surface area contributed by atoms with Gasteiger partial charge in [0, 0.05) is 12.7 Å². The number of phosphoric acid groups is 2. The van der Waals surface area contributed by atoms with Crippen LogP contribution in [0.2, 0.25) is 0 Å². The molecule has 2 aromatic heterocycles. The number of nitrogens with one attached hydrogen (secondary N) is 2. The van der Waals surface area contributed by atoms with Crippen molar-refractivity contribution in [2.45, 2.75) is 24.5 Å². The fourth-order valence-electron chi connectivity index (χ4n) is 3.79. The van der Waals surface area contributed by atoms with Gasteiger partial charge in [-0.25, -0.2) is 28.2 Å². The van der Waals surface area contributed by atoms with Crippen molar-refractivity contribution in [2.24, 2.45) is 0 Å². The van der Waals surface area contributed by atoms with E-state index in [-0.39, 0.29) is 16.7 Å². The third kappa shape index (κ3) is 7.52. The first-order valence-electron chi connectivity index (χ1n) is 11.1. The van der Waals surface area contributed by atoms with Gasteiger partial charge in [0.05, 0.1) is 24.8 Å². The number of rotatable bonds is 11. The number of carbonyl (C=O) groups excluding carboxylic acids is 1. The van der Waals surface area contributed by atoms with Crippen LogP contribution in [0.15, 0.2) is 41.7 Å². The number of H-pyrrole nitrogens is 1. The molecule has 3 aromatic rings. The zero-order chi connectivity index (χ0) is 30.2. The van der Waals surface area contributed by atoms with Crippen LogP contribution < -0.4 is 10.9 Å². The van der Waals surface area contributed by atoms with Crippen molar-refractivity contribution in [1.29, 1.82) is 0 Å². The summed E-state index contributed by atoms with van der Waals surface area (Å²) in [5, 5.41) is 13.8. The molecule has 0 saturated carbocycles. The minimum absolute atomic E-state index is 0.0255. The average molecular weight is 657 g/mol. The highest BCUT2D eigenvalue weighted by Gasteiger charge is 2.49. The molecule has 7 N–H and O–H groups in total. The summed E-state index contributed by atoms with van der Waals surface area (Å²) in [6.45, 7) is -5.79. The number of aliphatic hydroxyl groups excluding tert-OH is 1. The maximum atomic E-state index is 13.1. The number of phosphoric ester groups is 1. The third-order valence-electron chi connectivity index (χ3n) is 5.43. The van der Waals surface area contributed by atoms with Gasteiger partial charge in [-0.2, -0.15) is 4.31 Å². The molecule has 41 heavy (non-hydrogen) atoms. The van der Waals surface area contributed by atoms with Crippen LogP contribution in [0.4, 0.5) is 5.69 Å². The number of para-hydroxylation sites is 1. The number of aromatic amines is 1. The van der Waals surface area contributed by atoms with Crippen molar-refractivity contribution in [3.8, 4) is 0 Å². The van der Waals surface area contributed by atoms with E-state index in [2.05, 4.69) is 45.2 Å². The van der Waals surface area contributed by atoms with Crippen LogP contribution in [0.5, 0.6) is 0 Å². The molecule has 19 nitrogen and oxygen atoms in total. The minimum Gasteiger partial charge on any atom is -0.451 e. The molecule has 1 aliphatic heterocycles. The predicted octanol–water partition coefficient (Wildman–Crippen LogP) is 0.105. The van der Waals surface area contributed by atoms with E-state index >= 15 is 0 Å². The Balaban J connectivity index is 1.60. The maximum Gasteiger partial charge on any atom is 0.488 e. The lowest BCUT2D eigenvalue weighted by Gasteiger charge is -2.22. The van der Waals surface area contributed by atoms with Gasteiger partial charge in [-0.15, -0.1) is 0 Å². The van der Waals surface area contributed by atoms with Crippen LogP contribution in [-0.2, 0) is 43.6 Å². The Kier molecular flexibility index (Phi) is 9.28. The zero-order valence-corrected chi connectivity index (χ0v) is 24.0. The lowest BCUT2D eigenvalue weighted by molar-refractivity contribution is -0.0557. The predicted molar refractivity (Wildman–Crippen MR) is 140 cm³/mol. The number of hydrogen-bond donors (Lipinski definition) is 7. The SMILES string of the molecule is CNc1ccccc1C(=O)O[C@@H]1[C@H](O)[C@@H](COP(=O)(O)OP(=O)(O)OP(O)(O)=S)O[C@H]1n1cnc2c(=O)[nH]cnc21. The topological polar surface area (TPSA) is 274 Å². The number of imidazole rings is 1. The summed E-state index contributed by atoms with van der Waals surface area (Å²) in [5.41, 5.74) is -0.257. The van der Waals surface area contributed by atoms with Gasteiger partial charge in [-0.3, -0.25) is 13.9 Å². The molecule has 3 heterocycles. The average Bonchev–Trinajstić information content (AvgIpc) is 3.42. The van der Waals surface area contributed by atoms with Gasteiger partial charge in [0.1, 0.15) is 12.2 Å². The van der Waals surface area contributed by atoms with Crippen LogP contribution in [0, 0.1) is 0 Å². The van der Waals surface area contributed by atoms with Crippen LogP contribution >= 0.6 is 22.4 Å². The van der Waals surface area contributed by atoms with Crippen molar-refractivity contribution in [3.63, 3.8) is 0 Å². The van der Waals surface area contributed by atoms with E-state index in [1.54, 1.807) is 25.2 Å². The van der Waals surface area contributed by atoms with Crippen molar-refractivity contribution in [1.82, 2.24) is 19.5 Å². The Morgan fingerprint density at radius 1 is 1.17 bits per heavy atom. The first kappa shape index (κ1) is 31.5. The molecule has 1 saturated heterocycles. The highest BCUT2D eigenvalue weighted by molar-refractivity contribution is 8.08. The molecule has 6 atom stereocenters. The van der Waals surface area contributed by atoms with Crippen molar-refractivity contribution in [3.05, 3.63) is 52.8 Å².